The Bertz CT molecular complexity index is 910. The molecule has 0 aliphatic heterocycles. The zero-order valence-electron chi connectivity index (χ0n) is 14.8. The molecule has 2 aromatic rings. The highest BCUT2D eigenvalue weighted by Crippen LogP contribution is 2.27. The number of benzene rings is 1. The van der Waals surface area contributed by atoms with Crippen LogP contribution in [0.1, 0.15) is 21.6 Å². The summed E-state index contributed by atoms with van der Waals surface area (Å²) >= 11 is 5.93. The zero-order valence-corrected chi connectivity index (χ0v) is 15.6. The molecule has 1 heterocycles. The van der Waals surface area contributed by atoms with Crippen molar-refractivity contribution in [1.82, 2.24) is 15.1 Å². The van der Waals surface area contributed by atoms with Gasteiger partial charge in [0.05, 0.1) is 25.0 Å². The molecule has 26 heavy (non-hydrogen) atoms. The van der Waals surface area contributed by atoms with Crippen molar-refractivity contribution in [3.8, 4) is 5.75 Å². The van der Waals surface area contributed by atoms with Gasteiger partial charge in [-0.3, -0.25) is 14.4 Å². The molecule has 0 saturated carbocycles. The third-order valence-electron chi connectivity index (χ3n) is 3.85. The lowest BCUT2D eigenvalue weighted by Gasteiger charge is -2.18. The molecule has 0 aliphatic rings. The fourth-order valence-corrected chi connectivity index (χ4v) is 2.50. The normalized spacial score (nSPS) is 10.3. The van der Waals surface area contributed by atoms with Gasteiger partial charge in [-0.25, -0.2) is 5.10 Å². The van der Waals surface area contributed by atoms with E-state index in [1.165, 1.54) is 14.2 Å². The third kappa shape index (κ3) is 4.20. The Morgan fingerprint density at radius 3 is 2.69 bits per heavy atom. The molecule has 138 valence electrons. The van der Waals surface area contributed by atoms with Crippen LogP contribution in [0.25, 0.3) is 0 Å². The first kappa shape index (κ1) is 19.5. The van der Waals surface area contributed by atoms with Gasteiger partial charge in [0.1, 0.15) is 11.3 Å². The number of hydrogen-bond acceptors (Lipinski definition) is 5. The van der Waals surface area contributed by atoms with Crippen molar-refractivity contribution in [3.63, 3.8) is 0 Å². The molecule has 0 saturated heterocycles. The molecule has 1 aromatic carbocycles. The Morgan fingerprint density at radius 1 is 1.35 bits per heavy atom. The summed E-state index contributed by atoms with van der Waals surface area (Å²) in [5, 5.41) is 9.16. The second kappa shape index (κ2) is 8.01. The first-order valence-electron chi connectivity index (χ1n) is 7.69. The van der Waals surface area contributed by atoms with Gasteiger partial charge in [0.25, 0.3) is 11.5 Å². The highest BCUT2D eigenvalue weighted by Gasteiger charge is 2.22. The van der Waals surface area contributed by atoms with Gasteiger partial charge in [-0.15, -0.1) is 0 Å². The summed E-state index contributed by atoms with van der Waals surface area (Å²) in [6.07, 6.45) is 0. The molecule has 0 fully saturated rings. The van der Waals surface area contributed by atoms with Gasteiger partial charge in [-0.05, 0) is 37.6 Å². The minimum Gasteiger partial charge on any atom is -0.495 e. The van der Waals surface area contributed by atoms with Gasteiger partial charge in [-0.1, -0.05) is 11.6 Å². The summed E-state index contributed by atoms with van der Waals surface area (Å²) in [5.41, 5.74) is 0.770. The van der Waals surface area contributed by atoms with Crippen LogP contribution in [0.2, 0.25) is 5.02 Å². The van der Waals surface area contributed by atoms with Gasteiger partial charge in [0.2, 0.25) is 5.91 Å². The summed E-state index contributed by atoms with van der Waals surface area (Å²) in [6, 6.07) is 4.79. The minimum atomic E-state index is -0.595. The molecule has 0 atom stereocenters. The van der Waals surface area contributed by atoms with E-state index in [1.54, 1.807) is 32.0 Å². The Kier molecular flexibility index (Phi) is 5.99. The fraction of sp³-hybridized carbons (Fsp3) is 0.294. The monoisotopic (exact) mass is 378 g/mol. The number of anilines is 1. The molecule has 2 N–H and O–H groups in total. The summed E-state index contributed by atoms with van der Waals surface area (Å²) in [7, 11) is 2.90. The molecule has 0 aliphatic carbocycles. The molecule has 1 aromatic heterocycles. The van der Waals surface area contributed by atoms with Crippen molar-refractivity contribution >= 4 is 29.1 Å². The first-order chi connectivity index (χ1) is 12.2. The summed E-state index contributed by atoms with van der Waals surface area (Å²) in [5.74, 6) is -0.586. The molecular formula is C17H19ClN4O4. The van der Waals surface area contributed by atoms with Crippen molar-refractivity contribution in [2.24, 2.45) is 0 Å². The lowest BCUT2D eigenvalue weighted by atomic mass is 10.1. The molecule has 0 unspecified atom stereocenters. The zero-order chi connectivity index (χ0) is 19.4. The number of aromatic amines is 1. The minimum absolute atomic E-state index is 0.0341. The molecule has 9 heteroatoms. The number of rotatable bonds is 5. The van der Waals surface area contributed by atoms with E-state index in [0.29, 0.717) is 27.7 Å². The number of halogens is 1. The standard InChI is InChI=1S/C17H19ClN4O4/c1-9-10(2)20-21-16(24)15(9)17(25)22(3)8-14(23)19-12-7-11(18)5-6-13(12)26-4/h5-7H,8H2,1-4H3,(H,19,23)(H,21,24). The van der Waals surface area contributed by atoms with Crippen LogP contribution >= 0.6 is 11.6 Å². The SMILES string of the molecule is COc1ccc(Cl)cc1NC(=O)CN(C)C(=O)c1c(C)c(C)n[nH]c1=O. The second-order valence-electron chi connectivity index (χ2n) is 5.69. The average Bonchev–Trinajstić information content (AvgIpc) is 2.58. The molecule has 2 amide bonds. The number of methoxy groups -OCH3 is 1. The van der Waals surface area contributed by atoms with Gasteiger partial charge in [0, 0.05) is 12.1 Å². The first-order valence-corrected chi connectivity index (χ1v) is 8.07. The number of nitrogens with zero attached hydrogens (tertiary/aromatic N) is 2. The number of aromatic nitrogens is 2. The summed E-state index contributed by atoms with van der Waals surface area (Å²) < 4.78 is 5.16. The van der Waals surface area contributed by atoms with Gasteiger partial charge in [-0.2, -0.15) is 5.10 Å². The maximum atomic E-state index is 12.6. The average molecular weight is 379 g/mol. The van der Waals surface area contributed by atoms with Crippen LogP contribution < -0.4 is 15.6 Å². The predicted octanol–water partition coefficient (Wildman–Crippen LogP) is 1.76. The molecule has 0 spiro atoms. The van der Waals surface area contributed by atoms with E-state index in [2.05, 4.69) is 15.5 Å². The number of carbonyl (C=O) groups is 2. The van der Waals surface area contributed by atoms with Crippen LogP contribution in [-0.2, 0) is 4.79 Å². The lowest BCUT2D eigenvalue weighted by molar-refractivity contribution is -0.116. The van der Waals surface area contributed by atoms with E-state index in [0.717, 1.165) is 4.90 Å². The van der Waals surface area contributed by atoms with E-state index in [9.17, 15) is 14.4 Å². The van der Waals surface area contributed by atoms with Crippen LogP contribution in [0, 0.1) is 13.8 Å². The topological polar surface area (TPSA) is 104 Å². The quantitative estimate of drug-likeness (QED) is 0.824. The predicted molar refractivity (Wildman–Crippen MR) is 97.9 cm³/mol. The Hall–Kier alpha value is -2.87. The number of hydrogen-bond donors (Lipinski definition) is 2. The van der Waals surface area contributed by atoms with Crippen LogP contribution in [0.3, 0.4) is 0 Å². The van der Waals surface area contributed by atoms with Crippen molar-refractivity contribution in [2.45, 2.75) is 13.8 Å². The highest BCUT2D eigenvalue weighted by molar-refractivity contribution is 6.31. The maximum absolute atomic E-state index is 12.6. The van der Waals surface area contributed by atoms with Crippen LogP contribution in [0.5, 0.6) is 5.75 Å². The number of aryl methyl sites for hydroxylation is 1. The summed E-state index contributed by atoms with van der Waals surface area (Å²) in [4.78, 5) is 37.9. The number of likely N-dealkylation sites (N-methyl/N-ethyl adjacent to an activating group) is 1. The number of carbonyl (C=O) groups excluding carboxylic acids is 2. The van der Waals surface area contributed by atoms with Crippen LogP contribution in [-0.4, -0.2) is 47.6 Å². The van der Waals surface area contributed by atoms with Crippen molar-refractivity contribution < 1.29 is 14.3 Å². The van der Waals surface area contributed by atoms with E-state index < -0.39 is 17.4 Å². The lowest BCUT2D eigenvalue weighted by Crippen LogP contribution is -2.38. The molecule has 0 radical (unpaired) electrons. The maximum Gasteiger partial charge on any atom is 0.277 e. The van der Waals surface area contributed by atoms with E-state index in [-0.39, 0.29) is 12.1 Å². The largest absolute Gasteiger partial charge is 0.495 e. The van der Waals surface area contributed by atoms with Gasteiger partial charge >= 0.3 is 0 Å². The van der Waals surface area contributed by atoms with E-state index in [1.807, 2.05) is 0 Å². The van der Waals surface area contributed by atoms with Crippen molar-refractivity contribution in [3.05, 3.63) is 50.4 Å². The summed E-state index contributed by atoms with van der Waals surface area (Å²) in [6.45, 7) is 3.06. The number of H-pyrrole nitrogens is 1. The molecule has 2 rings (SSSR count). The smallest absolute Gasteiger partial charge is 0.277 e. The highest BCUT2D eigenvalue weighted by atomic mass is 35.5. The van der Waals surface area contributed by atoms with Gasteiger partial charge < -0.3 is 15.0 Å². The third-order valence-corrected chi connectivity index (χ3v) is 4.08. The van der Waals surface area contributed by atoms with Gasteiger partial charge in [0.15, 0.2) is 0 Å². The van der Waals surface area contributed by atoms with Crippen LogP contribution in [0.15, 0.2) is 23.0 Å². The number of ether oxygens (including phenoxy) is 1. The second-order valence-corrected chi connectivity index (χ2v) is 6.13. The molecular weight excluding hydrogens is 360 g/mol. The van der Waals surface area contributed by atoms with Crippen LogP contribution in [0.4, 0.5) is 5.69 Å². The van der Waals surface area contributed by atoms with E-state index >= 15 is 0 Å². The number of nitrogens with one attached hydrogen (secondary N) is 2. The van der Waals surface area contributed by atoms with Crippen molar-refractivity contribution in [1.29, 1.82) is 0 Å². The fourth-order valence-electron chi connectivity index (χ4n) is 2.33. The van der Waals surface area contributed by atoms with Crippen molar-refractivity contribution in [2.75, 3.05) is 26.0 Å². The molecule has 8 nitrogen and oxygen atoms in total. The Balaban J connectivity index is 2.15. The van der Waals surface area contributed by atoms with E-state index in [4.69, 9.17) is 16.3 Å². The Labute approximate surface area is 155 Å². The Morgan fingerprint density at radius 2 is 2.04 bits per heavy atom. The number of amides is 2. The molecule has 0 bridgehead atoms.